The van der Waals surface area contributed by atoms with E-state index in [1.807, 2.05) is 30.3 Å². The first-order chi connectivity index (χ1) is 12.8. The van der Waals surface area contributed by atoms with Gasteiger partial charge in [-0.1, -0.05) is 32.0 Å². The average molecular weight is 378 g/mol. The summed E-state index contributed by atoms with van der Waals surface area (Å²) >= 11 is 0. The van der Waals surface area contributed by atoms with Crippen molar-refractivity contribution in [1.29, 1.82) is 0 Å². The van der Waals surface area contributed by atoms with E-state index in [2.05, 4.69) is 10.6 Å². The highest BCUT2D eigenvalue weighted by atomic mass is 16.5. The highest BCUT2D eigenvalue weighted by molar-refractivity contribution is 5.88. The fraction of sp³-hybridized carbons (Fsp3) is 0.474. The molecule has 2 atom stereocenters. The van der Waals surface area contributed by atoms with Crippen molar-refractivity contribution < 1.29 is 29.0 Å². The fourth-order valence-electron chi connectivity index (χ4n) is 2.39. The molecule has 1 aromatic rings. The summed E-state index contributed by atoms with van der Waals surface area (Å²) in [5, 5.41) is 13.8. The normalized spacial score (nSPS) is 12.7. The zero-order valence-corrected chi connectivity index (χ0v) is 15.5. The minimum Gasteiger partial charge on any atom is -0.492 e. The van der Waals surface area contributed by atoms with Crippen LogP contribution < -0.4 is 15.4 Å². The largest absolute Gasteiger partial charge is 0.492 e. The third-order valence-corrected chi connectivity index (χ3v) is 3.87. The van der Waals surface area contributed by atoms with Gasteiger partial charge < -0.3 is 25.3 Å². The van der Waals surface area contributed by atoms with Crippen molar-refractivity contribution >= 4 is 24.1 Å². The van der Waals surface area contributed by atoms with E-state index < -0.39 is 30.3 Å². The molecular weight excluding hydrogens is 352 g/mol. The maximum absolute atomic E-state index is 12.3. The quantitative estimate of drug-likeness (QED) is 0.368. The van der Waals surface area contributed by atoms with Crippen LogP contribution >= 0.6 is 0 Å². The van der Waals surface area contributed by atoms with E-state index in [-0.39, 0.29) is 24.8 Å². The first-order valence-corrected chi connectivity index (χ1v) is 8.75. The molecule has 0 saturated carbocycles. The SMILES string of the molecule is CC(C)C(CC(=O)NCCOc1ccccc1)C(=O)NC(C=O)CC(=O)O. The summed E-state index contributed by atoms with van der Waals surface area (Å²) in [6, 6.07) is 8.06. The summed E-state index contributed by atoms with van der Waals surface area (Å²) in [5.41, 5.74) is 0. The highest BCUT2D eigenvalue weighted by Crippen LogP contribution is 2.16. The van der Waals surface area contributed by atoms with Crippen molar-refractivity contribution in [3.8, 4) is 5.75 Å². The highest BCUT2D eigenvalue weighted by Gasteiger charge is 2.27. The minimum atomic E-state index is -1.19. The van der Waals surface area contributed by atoms with Crippen molar-refractivity contribution in [2.45, 2.75) is 32.7 Å². The topological polar surface area (TPSA) is 122 Å². The van der Waals surface area contributed by atoms with Gasteiger partial charge in [0.1, 0.15) is 18.6 Å². The second-order valence-electron chi connectivity index (χ2n) is 6.42. The third-order valence-electron chi connectivity index (χ3n) is 3.87. The minimum absolute atomic E-state index is 0.0620. The number of amides is 2. The lowest BCUT2D eigenvalue weighted by Gasteiger charge is -2.21. The molecule has 0 aliphatic heterocycles. The number of aldehydes is 1. The van der Waals surface area contributed by atoms with Gasteiger partial charge in [0, 0.05) is 12.3 Å². The van der Waals surface area contributed by atoms with Crippen LogP contribution in [0.4, 0.5) is 0 Å². The third kappa shape index (κ3) is 8.84. The van der Waals surface area contributed by atoms with Crippen molar-refractivity contribution in [2.75, 3.05) is 13.2 Å². The van der Waals surface area contributed by atoms with Crippen LogP contribution in [0.25, 0.3) is 0 Å². The molecule has 148 valence electrons. The zero-order valence-electron chi connectivity index (χ0n) is 15.5. The first-order valence-electron chi connectivity index (χ1n) is 8.75. The number of carboxylic acids is 1. The summed E-state index contributed by atoms with van der Waals surface area (Å²) in [7, 11) is 0. The number of carbonyl (C=O) groups is 4. The summed E-state index contributed by atoms with van der Waals surface area (Å²) in [6.07, 6.45) is -0.180. The van der Waals surface area contributed by atoms with Crippen molar-refractivity contribution in [3.05, 3.63) is 30.3 Å². The van der Waals surface area contributed by atoms with E-state index in [9.17, 15) is 19.2 Å². The summed E-state index contributed by atoms with van der Waals surface area (Å²) in [5.74, 6) is -2.15. The van der Waals surface area contributed by atoms with Gasteiger partial charge in [-0.3, -0.25) is 14.4 Å². The summed E-state index contributed by atoms with van der Waals surface area (Å²) in [6.45, 7) is 4.14. The molecule has 0 aliphatic carbocycles. The van der Waals surface area contributed by atoms with Gasteiger partial charge in [-0.2, -0.15) is 0 Å². The van der Waals surface area contributed by atoms with E-state index in [0.29, 0.717) is 18.6 Å². The Bertz CT molecular complexity index is 632. The van der Waals surface area contributed by atoms with Gasteiger partial charge in [0.25, 0.3) is 0 Å². The Morgan fingerprint density at radius 2 is 1.81 bits per heavy atom. The predicted octanol–water partition coefficient (Wildman–Crippen LogP) is 1.00. The molecule has 8 heteroatoms. The number of benzene rings is 1. The number of nitrogens with one attached hydrogen (secondary N) is 2. The number of hydrogen-bond acceptors (Lipinski definition) is 5. The van der Waals surface area contributed by atoms with Gasteiger partial charge in [0.15, 0.2) is 0 Å². The van der Waals surface area contributed by atoms with Gasteiger partial charge in [0.05, 0.1) is 19.0 Å². The lowest BCUT2D eigenvalue weighted by molar-refractivity contribution is -0.139. The number of hydrogen-bond donors (Lipinski definition) is 3. The molecule has 1 aromatic carbocycles. The summed E-state index contributed by atoms with van der Waals surface area (Å²) < 4.78 is 5.47. The van der Waals surface area contributed by atoms with Crippen LogP contribution in [0.1, 0.15) is 26.7 Å². The van der Waals surface area contributed by atoms with Gasteiger partial charge in [-0.25, -0.2) is 0 Å². The molecule has 0 aliphatic rings. The molecule has 2 amide bonds. The maximum atomic E-state index is 12.3. The predicted molar refractivity (Wildman–Crippen MR) is 98.1 cm³/mol. The molecular formula is C19H26N2O6. The molecule has 0 spiro atoms. The maximum Gasteiger partial charge on any atom is 0.305 e. The molecule has 1 rings (SSSR count). The molecule has 0 heterocycles. The Morgan fingerprint density at radius 1 is 1.15 bits per heavy atom. The van der Waals surface area contributed by atoms with Crippen molar-refractivity contribution in [2.24, 2.45) is 11.8 Å². The molecule has 0 fully saturated rings. The lowest BCUT2D eigenvalue weighted by atomic mass is 9.91. The second-order valence-corrected chi connectivity index (χ2v) is 6.42. The van der Waals surface area contributed by atoms with Gasteiger partial charge in [-0.05, 0) is 18.1 Å². The van der Waals surface area contributed by atoms with Crippen LogP contribution in [0, 0.1) is 11.8 Å². The van der Waals surface area contributed by atoms with E-state index in [4.69, 9.17) is 9.84 Å². The smallest absolute Gasteiger partial charge is 0.305 e. The van der Waals surface area contributed by atoms with Gasteiger partial charge in [0.2, 0.25) is 11.8 Å². The van der Waals surface area contributed by atoms with E-state index >= 15 is 0 Å². The van der Waals surface area contributed by atoms with Crippen LogP contribution in [-0.4, -0.2) is 48.4 Å². The van der Waals surface area contributed by atoms with E-state index in [0.717, 1.165) is 0 Å². The number of para-hydroxylation sites is 1. The number of ether oxygens (including phenoxy) is 1. The molecule has 0 radical (unpaired) electrons. The van der Waals surface area contributed by atoms with E-state index in [1.165, 1.54) is 0 Å². The van der Waals surface area contributed by atoms with Crippen molar-refractivity contribution in [3.63, 3.8) is 0 Å². The van der Waals surface area contributed by atoms with Crippen LogP contribution in [0.2, 0.25) is 0 Å². The first kappa shape index (κ1) is 22.1. The van der Waals surface area contributed by atoms with E-state index in [1.54, 1.807) is 13.8 Å². The van der Waals surface area contributed by atoms with Crippen LogP contribution in [0.15, 0.2) is 30.3 Å². The van der Waals surface area contributed by atoms with Crippen LogP contribution in [0.5, 0.6) is 5.75 Å². The molecule has 0 aromatic heterocycles. The zero-order chi connectivity index (χ0) is 20.2. The molecule has 0 saturated heterocycles. The standard InChI is InChI=1S/C19H26N2O6/c1-13(2)16(19(26)21-14(12-22)10-18(24)25)11-17(23)20-8-9-27-15-6-4-3-5-7-15/h3-7,12-14,16H,8-11H2,1-2H3,(H,20,23)(H,21,26)(H,24,25). The van der Waals surface area contributed by atoms with Gasteiger partial charge >= 0.3 is 5.97 Å². The Kier molecular flexibility index (Phi) is 9.57. The average Bonchev–Trinajstić information content (AvgIpc) is 2.62. The number of aliphatic carboxylic acids is 1. The molecule has 2 unspecified atom stereocenters. The Balaban J connectivity index is 2.45. The Morgan fingerprint density at radius 3 is 2.37 bits per heavy atom. The summed E-state index contributed by atoms with van der Waals surface area (Å²) in [4.78, 5) is 46.0. The lowest BCUT2D eigenvalue weighted by Crippen LogP contribution is -2.44. The van der Waals surface area contributed by atoms with Crippen LogP contribution in [-0.2, 0) is 19.2 Å². The molecule has 3 N–H and O–H groups in total. The number of carbonyl (C=O) groups excluding carboxylic acids is 3. The molecule has 8 nitrogen and oxygen atoms in total. The van der Waals surface area contributed by atoms with Crippen molar-refractivity contribution in [1.82, 2.24) is 10.6 Å². The number of rotatable bonds is 12. The van der Waals surface area contributed by atoms with Gasteiger partial charge in [-0.15, -0.1) is 0 Å². The molecule has 27 heavy (non-hydrogen) atoms. The second kappa shape index (κ2) is 11.7. The number of carboxylic acid groups (broad SMARTS) is 1. The monoisotopic (exact) mass is 378 g/mol. The van der Waals surface area contributed by atoms with Crippen LogP contribution in [0.3, 0.4) is 0 Å². The Hall–Kier alpha value is -2.90. The molecule has 0 bridgehead atoms. The Labute approximate surface area is 158 Å². The fourth-order valence-corrected chi connectivity index (χ4v) is 2.39.